The van der Waals surface area contributed by atoms with E-state index in [1.807, 2.05) is 48.2 Å². The first-order chi connectivity index (χ1) is 14.1. The van der Waals surface area contributed by atoms with Crippen LogP contribution in [0.1, 0.15) is 6.92 Å². The number of benzene rings is 2. The fourth-order valence-electron chi connectivity index (χ4n) is 3.51. The Morgan fingerprint density at radius 1 is 1.24 bits per heavy atom. The van der Waals surface area contributed by atoms with Gasteiger partial charge in [0.05, 0.1) is 36.1 Å². The summed E-state index contributed by atoms with van der Waals surface area (Å²) in [4.78, 5) is 19.3. The molecule has 150 valence electrons. The van der Waals surface area contributed by atoms with Crippen molar-refractivity contribution in [3.05, 3.63) is 54.6 Å². The second kappa shape index (κ2) is 8.84. The number of thioether (sulfide) groups is 1. The highest BCUT2D eigenvalue weighted by molar-refractivity contribution is 7.99. The molecular formula is C23H24N2O3S. The van der Waals surface area contributed by atoms with Crippen molar-refractivity contribution in [2.24, 2.45) is 0 Å². The Morgan fingerprint density at radius 2 is 2.07 bits per heavy atom. The molecule has 3 aromatic rings. The molecule has 0 aliphatic carbocycles. The second-order valence-corrected chi connectivity index (χ2v) is 8.06. The fraction of sp³-hybridized carbons (Fsp3) is 0.304. The van der Waals surface area contributed by atoms with E-state index in [0.717, 1.165) is 32.8 Å². The van der Waals surface area contributed by atoms with Crippen LogP contribution in [0, 0.1) is 0 Å². The minimum atomic E-state index is 0.0913. The molecular weight excluding hydrogens is 384 g/mol. The highest BCUT2D eigenvalue weighted by Crippen LogP contribution is 2.33. The smallest absolute Gasteiger partial charge is 0.233 e. The van der Waals surface area contributed by atoms with Crippen molar-refractivity contribution in [3.8, 4) is 16.9 Å². The molecule has 1 saturated heterocycles. The van der Waals surface area contributed by atoms with E-state index in [1.54, 1.807) is 7.11 Å². The monoisotopic (exact) mass is 408 g/mol. The first kappa shape index (κ1) is 19.7. The quantitative estimate of drug-likeness (QED) is 0.591. The van der Waals surface area contributed by atoms with Gasteiger partial charge < -0.3 is 14.4 Å². The number of amides is 1. The molecule has 1 aromatic heterocycles. The largest absolute Gasteiger partial charge is 0.497 e. The van der Waals surface area contributed by atoms with Crippen molar-refractivity contribution in [1.29, 1.82) is 0 Å². The molecule has 2 aromatic carbocycles. The van der Waals surface area contributed by atoms with Gasteiger partial charge in [0.2, 0.25) is 5.91 Å². The summed E-state index contributed by atoms with van der Waals surface area (Å²) < 4.78 is 10.9. The van der Waals surface area contributed by atoms with Crippen molar-refractivity contribution in [1.82, 2.24) is 9.88 Å². The molecule has 0 radical (unpaired) electrons. The molecule has 5 nitrogen and oxygen atoms in total. The molecule has 29 heavy (non-hydrogen) atoms. The molecule has 0 saturated carbocycles. The summed E-state index contributed by atoms with van der Waals surface area (Å²) >= 11 is 1.48. The summed E-state index contributed by atoms with van der Waals surface area (Å²) in [5.74, 6) is 1.26. The number of carbonyl (C=O) groups is 1. The van der Waals surface area contributed by atoms with Crippen LogP contribution in [-0.2, 0) is 9.53 Å². The summed E-state index contributed by atoms with van der Waals surface area (Å²) in [5, 5.41) is 1.90. The van der Waals surface area contributed by atoms with E-state index in [-0.39, 0.29) is 12.0 Å². The number of carbonyl (C=O) groups excluding carboxylic acids is 1. The zero-order chi connectivity index (χ0) is 20.2. The maximum Gasteiger partial charge on any atom is 0.233 e. The van der Waals surface area contributed by atoms with Crippen molar-refractivity contribution < 1.29 is 14.3 Å². The molecule has 1 amide bonds. The lowest BCUT2D eigenvalue weighted by Gasteiger charge is -2.31. The summed E-state index contributed by atoms with van der Waals surface area (Å²) in [7, 11) is 1.65. The van der Waals surface area contributed by atoms with Crippen LogP contribution in [0.2, 0.25) is 0 Å². The van der Waals surface area contributed by atoms with Gasteiger partial charge in [0.25, 0.3) is 0 Å². The van der Waals surface area contributed by atoms with Crippen molar-refractivity contribution >= 4 is 28.6 Å². The molecule has 1 aliphatic rings. The topological polar surface area (TPSA) is 51.7 Å². The minimum Gasteiger partial charge on any atom is -0.497 e. The van der Waals surface area contributed by atoms with Crippen LogP contribution in [0.3, 0.4) is 0 Å². The Balaban J connectivity index is 1.62. The Labute approximate surface area is 175 Å². The van der Waals surface area contributed by atoms with Gasteiger partial charge in [-0.25, -0.2) is 4.98 Å². The number of pyridine rings is 1. The molecule has 1 fully saturated rings. The Hall–Kier alpha value is -2.57. The minimum absolute atomic E-state index is 0.0913. The van der Waals surface area contributed by atoms with Gasteiger partial charge in [0.1, 0.15) is 5.75 Å². The SMILES string of the molecule is COc1ccc2c(-c3ccccc3)cc(SCC(=O)N3CCOC(C)C3)nc2c1. The molecule has 0 bridgehead atoms. The molecule has 0 spiro atoms. The van der Waals surface area contributed by atoms with E-state index >= 15 is 0 Å². The van der Waals surface area contributed by atoms with E-state index in [2.05, 4.69) is 18.2 Å². The standard InChI is InChI=1S/C23H24N2O3S/c1-16-14-25(10-11-28-16)23(26)15-29-22-13-20(17-6-4-3-5-7-17)19-9-8-18(27-2)12-21(19)24-22/h3-9,12-13,16H,10-11,14-15H2,1-2H3. The summed E-state index contributed by atoms with van der Waals surface area (Å²) in [6, 6.07) is 18.3. The first-order valence-electron chi connectivity index (χ1n) is 9.70. The molecule has 4 rings (SSSR count). The van der Waals surface area contributed by atoms with Crippen LogP contribution in [0.25, 0.3) is 22.0 Å². The van der Waals surface area contributed by atoms with E-state index in [4.69, 9.17) is 14.5 Å². The van der Waals surface area contributed by atoms with Gasteiger partial charge in [-0.1, -0.05) is 42.1 Å². The van der Waals surface area contributed by atoms with Gasteiger partial charge in [-0.2, -0.15) is 0 Å². The number of hydrogen-bond acceptors (Lipinski definition) is 5. The number of nitrogens with zero attached hydrogens (tertiary/aromatic N) is 2. The number of morpholine rings is 1. The summed E-state index contributed by atoms with van der Waals surface area (Å²) in [5.41, 5.74) is 3.09. The van der Waals surface area contributed by atoms with E-state index < -0.39 is 0 Å². The maximum absolute atomic E-state index is 12.6. The van der Waals surface area contributed by atoms with Crippen LogP contribution < -0.4 is 4.74 Å². The van der Waals surface area contributed by atoms with E-state index in [9.17, 15) is 4.79 Å². The molecule has 1 aliphatic heterocycles. The Morgan fingerprint density at radius 3 is 2.83 bits per heavy atom. The average molecular weight is 409 g/mol. The number of rotatable bonds is 5. The number of fused-ring (bicyclic) bond motifs is 1. The van der Waals surface area contributed by atoms with Crippen molar-refractivity contribution in [3.63, 3.8) is 0 Å². The van der Waals surface area contributed by atoms with Gasteiger partial charge in [-0.05, 0) is 36.2 Å². The van der Waals surface area contributed by atoms with Crippen molar-refractivity contribution in [2.75, 3.05) is 32.6 Å². The lowest BCUT2D eigenvalue weighted by molar-refractivity contribution is -0.135. The molecule has 0 N–H and O–H groups in total. The predicted octanol–water partition coefficient (Wildman–Crippen LogP) is 4.25. The van der Waals surface area contributed by atoms with Crippen LogP contribution >= 0.6 is 11.8 Å². The number of aromatic nitrogens is 1. The summed E-state index contributed by atoms with van der Waals surface area (Å²) in [6.45, 7) is 3.90. The number of methoxy groups -OCH3 is 1. The maximum atomic E-state index is 12.6. The second-order valence-electron chi connectivity index (χ2n) is 7.07. The van der Waals surface area contributed by atoms with Crippen LogP contribution in [-0.4, -0.2) is 54.5 Å². The van der Waals surface area contributed by atoms with Gasteiger partial charge in [0.15, 0.2) is 0 Å². The van der Waals surface area contributed by atoms with Gasteiger partial charge in [0, 0.05) is 24.5 Å². The van der Waals surface area contributed by atoms with Crippen molar-refractivity contribution in [2.45, 2.75) is 18.1 Å². The van der Waals surface area contributed by atoms with Crippen LogP contribution in [0.15, 0.2) is 59.6 Å². The molecule has 1 atom stereocenters. The molecule has 1 unspecified atom stereocenters. The zero-order valence-corrected chi connectivity index (χ0v) is 17.4. The Kier molecular flexibility index (Phi) is 6.02. The van der Waals surface area contributed by atoms with Crippen LogP contribution in [0.4, 0.5) is 0 Å². The zero-order valence-electron chi connectivity index (χ0n) is 16.6. The number of ether oxygens (including phenoxy) is 2. The molecule has 6 heteroatoms. The van der Waals surface area contributed by atoms with Gasteiger partial charge >= 0.3 is 0 Å². The predicted molar refractivity (Wildman–Crippen MR) is 116 cm³/mol. The third-order valence-electron chi connectivity index (χ3n) is 5.02. The van der Waals surface area contributed by atoms with E-state index in [1.165, 1.54) is 11.8 Å². The van der Waals surface area contributed by atoms with E-state index in [0.29, 0.717) is 25.4 Å². The summed E-state index contributed by atoms with van der Waals surface area (Å²) in [6.07, 6.45) is 0.0913. The van der Waals surface area contributed by atoms with Gasteiger partial charge in [-0.15, -0.1) is 0 Å². The highest BCUT2D eigenvalue weighted by atomic mass is 32.2. The normalized spacial score (nSPS) is 16.8. The Bertz CT molecular complexity index is 1010. The number of hydrogen-bond donors (Lipinski definition) is 0. The first-order valence-corrected chi connectivity index (χ1v) is 10.7. The fourth-order valence-corrected chi connectivity index (χ4v) is 4.33. The average Bonchev–Trinajstić information content (AvgIpc) is 2.77. The lowest BCUT2D eigenvalue weighted by atomic mass is 10.0. The third-order valence-corrected chi connectivity index (χ3v) is 5.91. The molecule has 2 heterocycles. The van der Waals surface area contributed by atoms with Crippen LogP contribution in [0.5, 0.6) is 5.75 Å². The van der Waals surface area contributed by atoms with Gasteiger partial charge in [-0.3, -0.25) is 4.79 Å². The highest BCUT2D eigenvalue weighted by Gasteiger charge is 2.21. The lowest BCUT2D eigenvalue weighted by Crippen LogP contribution is -2.45. The third kappa shape index (κ3) is 4.54.